The fraction of sp³-hybridized carbons (Fsp3) is 0.381. The van der Waals surface area contributed by atoms with Gasteiger partial charge in [0.2, 0.25) is 5.91 Å². The third kappa shape index (κ3) is 4.68. The summed E-state index contributed by atoms with van der Waals surface area (Å²) in [4.78, 5) is 14.6. The van der Waals surface area contributed by atoms with Crippen LogP contribution in [0.25, 0.3) is 0 Å². The predicted molar refractivity (Wildman–Crippen MR) is 101 cm³/mol. The highest BCUT2D eigenvalue weighted by atomic mass is 19.1. The molecule has 138 valence electrons. The maximum absolute atomic E-state index is 14.1. The second kappa shape index (κ2) is 8.43. The molecule has 0 atom stereocenters. The van der Waals surface area contributed by atoms with Crippen molar-refractivity contribution < 1.29 is 13.9 Å². The van der Waals surface area contributed by atoms with Crippen LogP contribution in [0, 0.1) is 19.7 Å². The van der Waals surface area contributed by atoms with E-state index in [-0.39, 0.29) is 11.7 Å². The van der Waals surface area contributed by atoms with Crippen LogP contribution in [-0.4, -0.2) is 43.7 Å². The Bertz CT molecular complexity index is 786. The van der Waals surface area contributed by atoms with E-state index in [1.54, 1.807) is 12.1 Å². The molecule has 1 aliphatic rings. The van der Waals surface area contributed by atoms with Gasteiger partial charge in [0.25, 0.3) is 0 Å². The molecule has 2 aromatic rings. The Balaban J connectivity index is 1.79. The topological polar surface area (TPSA) is 41.6 Å². The van der Waals surface area contributed by atoms with E-state index in [9.17, 15) is 9.18 Å². The summed E-state index contributed by atoms with van der Waals surface area (Å²) < 4.78 is 19.4. The summed E-state index contributed by atoms with van der Waals surface area (Å²) in [7, 11) is 0. The van der Waals surface area contributed by atoms with Crippen molar-refractivity contribution in [3.63, 3.8) is 0 Å². The lowest BCUT2D eigenvalue weighted by Crippen LogP contribution is -2.41. The number of aryl methyl sites for hydroxylation is 2. The largest absolute Gasteiger partial charge is 0.379 e. The van der Waals surface area contributed by atoms with E-state index < -0.39 is 0 Å². The van der Waals surface area contributed by atoms with Crippen LogP contribution in [0.2, 0.25) is 0 Å². The van der Waals surface area contributed by atoms with Gasteiger partial charge in [-0.1, -0.05) is 35.9 Å². The molecule has 0 aliphatic carbocycles. The molecule has 1 aliphatic heterocycles. The Kier molecular flexibility index (Phi) is 6.01. The van der Waals surface area contributed by atoms with Crippen LogP contribution in [0.1, 0.15) is 22.3 Å². The van der Waals surface area contributed by atoms with Crippen LogP contribution in [0.3, 0.4) is 0 Å². The number of halogens is 1. The van der Waals surface area contributed by atoms with Gasteiger partial charge >= 0.3 is 0 Å². The lowest BCUT2D eigenvalue weighted by Gasteiger charge is -2.26. The van der Waals surface area contributed by atoms with E-state index in [0.29, 0.717) is 31.7 Å². The summed E-state index contributed by atoms with van der Waals surface area (Å²) in [5.41, 5.74) is 4.44. The molecule has 1 fully saturated rings. The van der Waals surface area contributed by atoms with E-state index in [0.717, 1.165) is 35.5 Å². The molecule has 5 heteroatoms. The maximum Gasteiger partial charge on any atom is 0.238 e. The molecule has 0 aromatic heterocycles. The van der Waals surface area contributed by atoms with Crippen molar-refractivity contribution in [1.82, 2.24) is 4.90 Å². The zero-order valence-corrected chi connectivity index (χ0v) is 15.3. The van der Waals surface area contributed by atoms with Crippen LogP contribution >= 0.6 is 0 Å². The molecule has 2 aromatic carbocycles. The van der Waals surface area contributed by atoms with Crippen LogP contribution < -0.4 is 5.32 Å². The molecular formula is C21H25FN2O2. The molecule has 0 unspecified atom stereocenters. The number of carbonyl (C=O) groups is 1. The highest BCUT2D eigenvalue weighted by molar-refractivity contribution is 5.94. The van der Waals surface area contributed by atoms with Gasteiger partial charge in [-0.2, -0.15) is 0 Å². The number of ether oxygens (including phenoxy) is 1. The number of carbonyl (C=O) groups excluding carboxylic acids is 1. The molecule has 0 bridgehead atoms. The van der Waals surface area contributed by atoms with E-state index in [1.807, 2.05) is 32.0 Å². The molecule has 1 amide bonds. The number of anilines is 1. The summed E-state index contributed by atoms with van der Waals surface area (Å²) in [6.45, 7) is 7.19. The van der Waals surface area contributed by atoms with Crippen molar-refractivity contribution >= 4 is 11.6 Å². The van der Waals surface area contributed by atoms with E-state index in [1.165, 1.54) is 6.07 Å². The van der Waals surface area contributed by atoms with Gasteiger partial charge in [-0.15, -0.1) is 0 Å². The monoisotopic (exact) mass is 356 g/mol. The standard InChI is InChI=1S/C21H25FN2O2/c1-15-11-16(2)21(23-20(25)14-24-7-9-26-10-8-24)18(12-15)13-17-5-3-4-6-19(17)22/h3-6,11-12H,7-10,13-14H2,1-2H3,(H,23,25). The Morgan fingerprint density at radius 3 is 2.62 bits per heavy atom. The summed E-state index contributed by atoms with van der Waals surface area (Å²) in [6.07, 6.45) is 0.447. The Hall–Kier alpha value is -2.24. The van der Waals surface area contributed by atoms with Crippen molar-refractivity contribution in [2.75, 3.05) is 38.2 Å². The number of benzene rings is 2. The first-order chi connectivity index (χ1) is 12.5. The van der Waals surface area contributed by atoms with Gasteiger partial charge in [0.15, 0.2) is 0 Å². The number of amides is 1. The fourth-order valence-corrected chi connectivity index (χ4v) is 3.36. The molecule has 4 nitrogen and oxygen atoms in total. The molecule has 3 rings (SSSR count). The van der Waals surface area contributed by atoms with Gasteiger partial charge in [0.1, 0.15) is 5.82 Å². The Morgan fingerprint density at radius 2 is 1.88 bits per heavy atom. The minimum absolute atomic E-state index is 0.0476. The zero-order valence-electron chi connectivity index (χ0n) is 15.3. The summed E-state index contributed by atoms with van der Waals surface area (Å²) in [5, 5.41) is 3.05. The molecule has 1 saturated heterocycles. The molecule has 1 heterocycles. The third-order valence-electron chi connectivity index (χ3n) is 4.64. The van der Waals surface area contributed by atoms with Crippen molar-refractivity contribution in [1.29, 1.82) is 0 Å². The van der Waals surface area contributed by atoms with E-state index >= 15 is 0 Å². The van der Waals surface area contributed by atoms with Crippen LogP contribution in [0.15, 0.2) is 36.4 Å². The first-order valence-electron chi connectivity index (χ1n) is 8.96. The molecule has 0 spiro atoms. The fourth-order valence-electron chi connectivity index (χ4n) is 3.36. The number of hydrogen-bond acceptors (Lipinski definition) is 3. The molecule has 26 heavy (non-hydrogen) atoms. The van der Waals surface area contributed by atoms with E-state index in [2.05, 4.69) is 10.2 Å². The average Bonchev–Trinajstić information content (AvgIpc) is 2.61. The summed E-state index contributed by atoms with van der Waals surface area (Å²) in [6, 6.07) is 10.8. The second-order valence-corrected chi connectivity index (χ2v) is 6.82. The molecular weight excluding hydrogens is 331 g/mol. The van der Waals surface area contributed by atoms with E-state index in [4.69, 9.17) is 4.74 Å². The minimum Gasteiger partial charge on any atom is -0.379 e. The van der Waals surface area contributed by atoms with Gasteiger partial charge in [-0.05, 0) is 36.6 Å². The second-order valence-electron chi connectivity index (χ2n) is 6.82. The van der Waals surface area contributed by atoms with Crippen molar-refractivity contribution in [2.24, 2.45) is 0 Å². The summed E-state index contributed by atoms with van der Waals surface area (Å²) in [5.74, 6) is -0.272. The van der Waals surface area contributed by atoms with Crippen LogP contribution in [-0.2, 0) is 16.0 Å². The maximum atomic E-state index is 14.1. The molecule has 0 saturated carbocycles. The molecule has 0 radical (unpaired) electrons. The van der Waals surface area contributed by atoms with Crippen molar-refractivity contribution in [2.45, 2.75) is 20.3 Å². The smallest absolute Gasteiger partial charge is 0.238 e. The quantitative estimate of drug-likeness (QED) is 0.894. The van der Waals surface area contributed by atoms with Crippen molar-refractivity contribution in [3.8, 4) is 0 Å². The third-order valence-corrected chi connectivity index (χ3v) is 4.64. The van der Waals surface area contributed by atoms with Gasteiger partial charge < -0.3 is 10.1 Å². The number of nitrogens with zero attached hydrogens (tertiary/aromatic N) is 1. The van der Waals surface area contributed by atoms with Gasteiger partial charge in [-0.25, -0.2) is 4.39 Å². The first-order valence-corrected chi connectivity index (χ1v) is 8.96. The molecule has 1 N–H and O–H groups in total. The highest BCUT2D eigenvalue weighted by Gasteiger charge is 2.17. The highest BCUT2D eigenvalue weighted by Crippen LogP contribution is 2.26. The lowest BCUT2D eigenvalue weighted by atomic mass is 9.97. The van der Waals surface area contributed by atoms with Gasteiger partial charge in [0.05, 0.1) is 19.8 Å². The first kappa shape index (κ1) is 18.5. The SMILES string of the molecule is Cc1cc(C)c(NC(=O)CN2CCOCC2)c(Cc2ccccc2F)c1. The number of rotatable bonds is 5. The predicted octanol–water partition coefficient (Wildman–Crippen LogP) is 3.30. The van der Waals surface area contributed by atoms with Gasteiger partial charge in [0, 0.05) is 25.2 Å². The number of morpholine rings is 1. The normalized spacial score (nSPS) is 15.0. The minimum atomic E-state index is -0.225. The number of nitrogens with one attached hydrogen (secondary N) is 1. The Morgan fingerprint density at radius 1 is 1.15 bits per heavy atom. The Labute approximate surface area is 154 Å². The van der Waals surface area contributed by atoms with Gasteiger partial charge in [-0.3, -0.25) is 9.69 Å². The van der Waals surface area contributed by atoms with Crippen LogP contribution in [0.4, 0.5) is 10.1 Å². The number of hydrogen-bond donors (Lipinski definition) is 1. The van der Waals surface area contributed by atoms with Crippen LogP contribution in [0.5, 0.6) is 0 Å². The zero-order chi connectivity index (χ0) is 18.5. The average molecular weight is 356 g/mol. The summed E-state index contributed by atoms with van der Waals surface area (Å²) >= 11 is 0. The lowest BCUT2D eigenvalue weighted by molar-refractivity contribution is -0.118. The van der Waals surface area contributed by atoms with Crippen molar-refractivity contribution in [3.05, 3.63) is 64.5 Å².